The highest BCUT2D eigenvalue weighted by atomic mass is 16.5. The molecule has 0 unspecified atom stereocenters. The third-order valence-electron chi connectivity index (χ3n) is 3.66. The number of hydrogen-bond acceptors (Lipinski definition) is 5. The van der Waals surface area contributed by atoms with Gasteiger partial charge in [0.25, 0.3) is 11.8 Å². The number of phenols is 1. The van der Waals surface area contributed by atoms with Gasteiger partial charge in [-0.3, -0.25) is 14.8 Å². The second kappa shape index (κ2) is 9.24. The van der Waals surface area contributed by atoms with Crippen LogP contribution in [0.2, 0.25) is 0 Å². The fraction of sp³-hybridized carbons (Fsp3) is 0.158. The average molecular weight is 356 g/mol. The summed E-state index contributed by atoms with van der Waals surface area (Å²) < 4.78 is 4.99. The van der Waals surface area contributed by atoms with Gasteiger partial charge in [-0.25, -0.2) is 5.48 Å². The second-order valence-electron chi connectivity index (χ2n) is 5.44. The highest BCUT2D eigenvalue weighted by molar-refractivity contribution is 5.94. The quantitative estimate of drug-likeness (QED) is 0.344. The molecule has 2 amide bonds. The van der Waals surface area contributed by atoms with Gasteiger partial charge in [0, 0.05) is 18.2 Å². The SMILES string of the molecule is COc1cc(C(=O)NCCc2ccc(/C=C/C(=O)NO)cc2)ccc1O. The molecule has 0 spiro atoms. The molecule has 26 heavy (non-hydrogen) atoms. The highest BCUT2D eigenvalue weighted by Gasteiger charge is 2.09. The molecule has 0 aliphatic rings. The van der Waals surface area contributed by atoms with E-state index < -0.39 is 5.91 Å². The molecular formula is C19H20N2O5. The summed E-state index contributed by atoms with van der Waals surface area (Å²) in [6.07, 6.45) is 3.44. The molecule has 4 N–H and O–H groups in total. The Hall–Kier alpha value is -3.32. The Bertz CT molecular complexity index is 800. The Morgan fingerprint density at radius 2 is 1.88 bits per heavy atom. The summed E-state index contributed by atoms with van der Waals surface area (Å²) in [7, 11) is 1.42. The maximum absolute atomic E-state index is 12.1. The van der Waals surface area contributed by atoms with Crippen LogP contribution >= 0.6 is 0 Å². The van der Waals surface area contributed by atoms with Crippen molar-refractivity contribution in [3.05, 3.63) is 65.2 Å². The van der Waals surface area contributed by atoms with Gasteiger partial charge in [0.15, 0.2) is 11.5 Å². The topological polar surface area (TPSA) is 108 Å². The number of carbonyl (C=O) groups is 2. The van der Waals surface area contributed by atoms with Crippen LogP contribution in [-0.4, -0.2) is 35.8 Å². The molecule has 136 valence electrons. The van der Waals surface area contributed by atoms with Gasteiger partial charge < -0.3 is 15.2 Å². The molecule has 7 heteroatoms. The summed E-state index contributed by atoms with van der Waals surface area (Å²) >= 11 is 0. The van der Waals surface area contributed by atoms with Crippen molar-refractivity contribution in [2.75, 3.05) is 13.7 Å². The predicted octanol–water partition coefficient (Wildman–Crippen LogP) is 1.89. The van der Waals surface area contributed by atoms with Gasteiger partial charge in [0.05, 0.1) is 7.11 Å². The van der Waals surface area contributed by atoms with E-state index in [2.05, 4.69) is 5.32 Å². The summed E-state index contributed by atoms with van der Waals surface area (Å²) in [5, 5.41) is 20.8. The normalized spacial score (nSPS) is 10.5. The second-order valence-corrected chi connectivity index (χ2v) is 5.44. The number of aromatic hydroxyl groups is 1. The van der Waals surface area contributed by atoms with Crippen LogP contribution in [-0.2, 0) is 11.2 Å². The number of hydroxylamine groups is 1. The van der Waals surface area contributed by atoms with Crippen molar-refractivity contribution in [2.24, 2.45) is 0 Å². The molecule has 0 saturated carbocycles. The van der Waals surface area contributed by atoms with E-state index in [1.165, 1.54) is 36.9 Å². The molecular weight excluding hydrogens is 336 g/mol. The van der Waals surface area contributed by atoms with Crippen molar-refractivity contribution in [3.63, 3.8) is 0 Å². The molecule has 0 bridgehead atoms. The van der Waals surface area contributed by atoms with Crippen LogP contribution in [0.25, 0.3) is 6.08 Å². The standard InChI is InChI=1S/C19H20N2O5/c1-26-17-12-15(7-8-16(17)22)19(24)20-11-10-14-4-2-13(3-5-14)6-9-18(23)21-25/h2-9,12,22,25H,10-11H2,1H3,(H,20,24)(H,21,23)/b9-6+. The van der Waals surface area contributed by atoms with E-state index in [1.807, 2.05) is 24.3 Å². The molecule has 0 atom stereocenters. The summed E-state index contributed by atoms with van der Waals surface area (Å²) in [5.41, 5.74) is 3.77. The lowest BCUT2D eigenvalue weighted by atomic mass is 10.1. The zero-order valence-corrected chi connectivity index (χ0v) is 14.2. The predicted molar refractivity (Wildman–Crippen MR) is 96.1 cm³/mol. The average Bonchev–Trinajstić information content (AvgIpc) is 2.67. The summed E-state index contributed by atoms with van der Waals surface area (Å²) in [6, 6.07) is 11.9. The summed E-state index contributed by atoms with van der Waals surface area (Å²) in [5.74, 6) is -0.619. The molecule has 2 rings (SSSR count). The fourth-order valence-corrected chi connectivity index (χ4v) is 2.25. The molecule has 7 nitrogen and oxygen atoms in total. The van der Waals surface area contributed by atoms with Crippen molar-refractivity contribution >= 4 is 17.9 Å². The number of amides is 2. The van der Waals surface area contributed by atoms with E-state index >= 15 is 0 Å². The van der Waals surface area contributed by atoms with Crippen LogP contribution in [0.4, 0.5) is 0 Å². The van der Waals surface area contributed by atoms with E-state index in [4.69, 9.17) is 9.94 Å². The molecule has 0 saturated heterocycles. The van der Waals surface area contributed by atoms with Crippen molar-refractivity contribution < 1.29 is 24.6 Å². The van der Waals surface area contributed by atoms with Crippen molar-refractivity contribution in [1.82, 2.24) is 10.8 Å². The van der Waals surface area contributed by atoms with Gasteiger partial charge in [-0.05, 0) is 41.8 Å². The van der Waals surface area contributed by atoms with Crippen LogP contribution in [0.15, 0.2) is 48.5 Å². The number of carbonyl (C=O) groups excluding carboxylic acids is 2. The van der Waals surface area contributed by atoms with Crippen LogP contribution < -0.4 is 15.5 Å². The molecule has 2 aromatic rings. The summed E-state index contributed by atoms with van der Waals surface area (Å²) in [4.78, 5) is 23.1. The molecule has 0 aliphatic heterocycles. The zero-order valence-electron chi connectivity index (χ0n) is 14.2. The number of benzene rings is 2. The van der Waals surface area contributed by atoms with E-state index in [9.17, 15) is 14.7 Å². The minimum absolute atomic E-state index is 0.0188. The lowest BCUT2D eigenvalue weighted by molar-refractivity contribution is -0.124. The Kier molecular flexibility index (Phi) is 6.75. The maximum Gasteiger partial charge on any atom is 0.267 e. The molecule has 0 fully saturated rings. The first-order chi connectivity index (χ1) is 12.5. The molecule has 0 aliphatic carbocycles. The third-order valence-corrected chi connectivity index (χ3v) is 3.66. The number of phenolic OH excluding ortho intramolecular Hbond substituents is 1. The number of rotatable bonds is 7. The van der Waals surface area contributed by atoms with E-state index in [-0.39, 0.29) is 17.4 Å². The van der Waals surface area contributed by atoms with Gasteiger partial charge in [0.2, 0.25) is 0 Å². The van der Waals surface area contributed by atoms with Crippen molar-refractivity contribution in [2.45, 2.75) is 6.42 Å². The van der Waals surface area contributed by atoms with Gasteiger partial charge in [0.1, 0.15) is 0 Å². The van der Waals surface area contributed by atoms with Gasteiger partial charge in [-0.15, -0.1) is 0 Å². The monoisotopic (exact) mass is 356 g/mol. The van der Waals surface area contributed by atoms with Crippen molar-refractivity contribution in [1.29, 1.82) is 0 Å². The van der Waals surface area contributed by atoms with E-state index in [0.29, 0.717) is 18.5 Å². The number of nitrogens with one attached hydrogen (secondary N) is 2. The lowest BCUT2D eigenvalue weighted by Gasteiger charge is -2.08. The zero-order chi connectivity index (χ0) is 18.9. The van der Waals surface area contributed by atoms with Gasteiger partial charge in [-0.2, -0.15) is 0 Å². The van der Waals surface area contributed by atoms with Gasteiger partial charge >= 0.3 is 0 Å². The number of ether oxygens (including phenoxy) is 1. The fourth-order valence-electron chi connectivity index (χ4n) is 2.25. The first-order valence-electron chi connectivity index (χ1n) is 7.90. The van der Waals surface area contributed by atoms with E-state index in [0.717, 1.165) is 11.1 Å². The number of hydrogen-bond donors (Lipinski definition) is 4. The number of methoxy groups -OCH3 is 1. The first kappa shape index (κ1) is 19.0. The van der Waals surface area contributed by atoms with Gasteiger partial charge in [-0.1, -0.05) is 24.3 Å². The van der Waals surface area contributed by atoms with E-state index in [1.54, 1.807) is 6.08 Å². The first-order valence-corrected chi connectivity index (χ1v) is 7.90. The van der Waals surface area contributed by atoms with Crippen molar-refractivity contribution in [3.8, 4) is 11.5 Å². The molecule has 2 aromatic carbocycles. The minimum atomic E-state index is -0.595. The Balaban J connectivity index is 1.86. The van der Waals surface area contributed by atoms with Crippen LogP contribution in [0.5, 0.6) is 11.5 Å². The Morgan fingerprint density at radius 1 is 1.15 bits per heavy atom. The maximum atomic E-state index is 12.1. The molecule has 0 aromatic heterocycles. The summed E-state index contributed by atoms with van der Waals surface area (Å²) in [6.45, 7) is 0.449. The molecule has 0 heterocycles. The largest absolute Gasteiger partial charge is 0.504 e. The lowest BCUT2D eigenvalue weighted by Crippen LogP contribution is -2.25. The van der Waals surface area contributed by atoms with Crippen LogP contribution in [0.1, 0.15) is 21.5 Å². The third kappa shape index (κ3) is 5.35. The minimum Gasteiger partial charge on any atom is -0.504 e. The highest BCUT2D eigenvalue weighted by Crippen LogP contribution is 2.26. The van der Waals surface area contributed by atoms with Crippen LogP contribution in [0.3, 0.4) is 0 Å². The Labute approximate surface area is 150 Å². The Morgan fingerprint density at radius 3 is 2.54 bits per heavy atom. The smallest absolute Gasteiger partial charge is 0.267 e. The molecule has 0 radical (unpaired) electrons. The van der Waals surface area contributed by atoms with Crippen LogP contribution in [0, 0.1) is 0 Å².